The molecule has 0 N–H and O–H groups in total. The van der Waals surface area contributed by atoms with Gasteiger partial charge in [-0.15, -0.1) is 11.8 Å². The monoisotopic (exact) mass is 416 g/mol. The van der Waals surface area contributed by atoms with E-state index < -0.39 is 0 Å². The maximum Gasteiger partial charge on any atom is 0.119 e. The fraction of sp³-hybridized carbons (Fsp3) is 0.538. The molecule has 0 bridgehead atoms. The number of ether oxygens (including phenoxy) is 2. The standard InChI is InChI=1S/C24H34O2S.C2H6/c1-6-7-20-8-14-24(15-9-20)27-17-23(26-19(4)5)16-25-22-12-10-21(11-13-22)18(2)3;1-2/h8-15,18-19,23H,6-7,16-17H2,1-5H3;1-2H3. The lowest BCUT2D eigenvalue weighted by molar-refractivity contribution is -0.00354. The molecular formula is C26H40O2S. The molecule has 0 saturated heterocycles. The van der Waals surface area contributed by atoms with E-state index in [2.05, 4.69) is 83.1 Å². The lowest BCUT2D eigenvalue weighted by Gasteiger charge is -2.21. The van der Waals surface area contributed by atoms with E-state index in [1.54, 1.807) is 0 Å². The summed E-state index contributed by atoms with van der Waals surface area (Å²) >= 11 is 1.83. The van der Waals surface area contributed by atoms with Gasteiger partial charge in [-0.2, -0.15) is 0 Å². The highest BCUT2D eigenvalue weighted by Crippen LogP contribution is 2.23. The third-order valence-electron chi connectivity index (χ3n) is 4.35. The molecule has 2 rings (SSSR count). The molecule has 0 saturated carbocycles. The number of benzene rings is 2. The van der Waals surface area contributed by atoms with Gasteiger partial charge in [0.1, 0.15) is 18.5 Å². The average molecular weight is 417 g/mol. The molecule has 3 heteroatoms. The smallest absolute Gasteiger partial charge is 0.119 e. The SMILES string of the molecule is CC.CCCc1ccc(SCC(COc2ccc(C(C)C)cc2)OC(C)C)cc1. The van der Waals surface area contributed by atoms with Crippen LogP contribution in [0.25, 0.3) is 0 Å². The maximum atomic E-state index is 6.07. The van der Waals surface area contributed by atoms with Gasteiger partial charge in [-0.1, -0.05) is 65.3 Å². The highest BCUT2D eigenvalue weighted by Gasteiger charge is 2.13. The summed E-state index contributed by atoms with van der Waals surface area (Å²) in [5, 5.41) is 0. The van der Waals surface area contributed by atoms with Gasteiger partial charge in [0.05, 0.1) is 6.10 Å². The van der Waals surface area contributed by atoms with Gasteiger partial charge in [0.2, 0.25) is 0 Å². The molecule has 2 aromatic rings. The minimum absolute atomic E-state index is 0.0649. The number of hydrogen-bond acceptors (Lipinski definition) is 3. The first-order valence-corrected chi connectivity index (χ1v) is 12.1. The highest BCUT2D eigenvalue weighted by atomic mass is 32.2. The summed E-state index contributed by atoms with van der Waals surface area (Å²) in [5.41, 5.74) is 2.74. The first kappa shape index (κ1) is 25.6. The molecule has 0 amide bonds. The maximum absolute atomic E-state index is 6.07. The van der Waals surface area contributed by atoms with Crippen LogP contribution in [0, 0.1) is 0 Å². The minimum atomic E-state index is 0.0649. The molecule has 0 aliphatic rings. The lowest BCUT2D eigenvalue weighted by Crippen LogP contribution is -2.27. The van der Waals surface area contributed by atoms with Gasteiger partial charge in [-0.05, 0) is 61.6 Å². The molecular weight excluding hydrogens is 376 g/mol. The molecule has 2 nitrogen and oxygen atoms in total. The molecule has 1 atom stereocenters. The molecule has 2 aromatic carbocycles. The van der Waals surface area contributed by atoms with Crippen LogP contribution in [0.5, 0.6) is 5.75 Å². The summed E-state index contributed by atoms with van der Waals surface area (Å²) in [6.07, 6.45) is 2.59. The van der Waals surface area contributed by atoms with E-state index in [9.17, 15) is 0 Å². The zero-order chi connectivity index (χ0) is 21.6. The van der Waals surface area contributed by atoms with E-state index in [1.165, 1.54) is 22.4 Å². The van der Waals surface area contributed by atoms with Crippen LogP contribution in [-0.2, 0) is 11.2 Å². The topological polar surface area (TPSA) is 18.5 Å². The second-order valence-corrected chi connectivity index (χ2v) is 8.64. The van der Waals surface area contributed by atoms with Crippen molar-refractivity contribution in [2.45, 2.75) is 84.3 Å². The van der Waals surface area contributed by atoms with Crippen LogP contribution in [0.15, 0.2) is 53.4 Å². The summed E-state index contributed by atoms with van der Waals surface area (Å²) in [6, 6.07) is 17.3. The van der Waals surface area contributed by atoms with Crippen molar-refractivity contribution in [3.8, 4) is 5.75 Å². The van der Waals surface area contributed by atoms with E-state index in [0.29, 0.717) is 12.5 Å². The Morgan fingerprint density at radius 2 is 1.48 bits per heavy atom. The van der Waals surface area contributed by atoms with Crippen molar-refractivity contribution in [2.75, 3.05) is 12.4 Å². The molecule has 0 heterocycles. The van der Waals surface area contributed by atoms with Gasteiger partial charge in [-0.3, -0.25) is 0 Å². The van der Waals surface area contributed by atoms with Crippen molar-refractivity contribution in [3.05, 3.63) is 59.7 Å². The molecule has 0 aromatic heterocycles. The zero-order valence-corrected chi connectivity index (χ0v) is 20.2. The summed E-state index contributed by atoms with van der Waals surface area (Å²) in [6.45, 7) is 15.3. The molecule has 1 unspecified atom stereocenters. The van der Waals surface area contributed by atoms with Gasteiger partial charge >= 0.3 is 0 Å². The number of aryl methyl sites for hydroxylation is 1. The van der Waals surface area contributed by atoms with Crippen LogP contribution < -0.4 is 4.74 Å². The van der Waals surface area contributed by atoms with E-state index in [0.717, 1.165) is 17.9 Å². The van der Waals surface area contributed by atoms with Crippen LogP contribution in [0.2, 0.25) is 0 Å². The molecule has 0 aliphatic carbocycles. The van der Waals surface area contributed by atoms with E-state index in [1.807, 2.05) is 25.6 Å². The molecule has 29 heavy (non-hydrogen) atoms. The van der Waals surface area contributed by atoms with Crippen molar-refractivity contribution < 1.29 is 9.47 Å². The Labute approximate surface area is 183 Å². The van der Waals surface area contributed by atoms with Gasteiger partial charge in [0.15, 0.2) is 0 Å². The van der Waals surface area contributed by atoms with Crippen LogP contribution in [0.1, 0.15) is 71.9 Å². The predicted octanol–water partition coefficient (Wildman–Crippen LogP) is 7.75. The Kier molecular flexibility index (Phi) is 12.8. The molecule has 0 fully saturated rings. The van der Waals surface area contributed by atoms with Gasteiger partial charge in [-0.25, -0.2) is 0 Å². The molecule has 0 radical (unpaired) electrons. The largest absolute Gasteiger partial charge is 0.491 e. The van der Waals surface area contributed by atoms with E-state index in [4.69, 9.17) is 9.47 Å². The van der Waals surface area contributed by atoms with Gasteiger partial charge in [0, 0.05) is 10.6 Å². The number of thioether (sulfide) groups is 1. The van der Waals surface area contributed by atoms with Crippen molar-refractivity contribution in [1.82, 2.24) is 0 Å². The van der Waals surface area contributed by atoms with Crippen molar-refractivity contribution in [2.24, 2.45) is 0 Å². The van der Waals surface area contributed by atoms with E-state index in [-0.39, 0.29) is 12.2 Å². The van der Waals surface area contributed by atoms with Crippen LogP contribution >= 0.6 is 11.8 Å². The van der Waals surface area contributed by atoms with Crippen molar-refractivity contribution in [1.29, 1.82) is 0 Å². The summed E-state index contributed by atoms with van der Waals surface area (Å²) < 4.78 is 12.1. The average Bonchev–Trinajstić information content (AvgIpc) is 2.73. The summed E-state index contributed by atoms with van der Waals surface area (Å²) in [5.74, 6) is 2.33. The Morgan fingerprint density at radius 3 is 2.00 bits per heavy atom. The molecule has 0 aliphatic heterocycles. The molecule has 0 spiro atoms. The summed E-state index contributed by atoms with van der Waals surface area (Å²) in [4.78, 5) is 1.29. The second kappa shape index (κ2) is 14.5. The number of hydrogen-bond donors (Lipinski definition) is 0. The third kappa shape index (κ3) is 10.2. The van der Waals surface area contributed by atoms with Crippen LogP contribution in [0.3, 0.4) is 0 Å². The zero-order valence-electron chi connectivity index (χ0n) is 19.4. The fourth-order valence-corrected chi connectivity index (χ4v) is 3.76. The van der Waals surface area contributed by atoms with Gasteiger partial charge in [0.25, 0.3) is 0 Å². The highest BCUT2D eigenvalue weighted by molar-refractivity contribution is 7.99. The minimum Gasteiger partial charge on any atom is -0.491 e. The molecule has 162 valence electrons. The van der Waals surface area contributed by atoms with E-state index >= 15 is 0 Å². The van der Waals surface area contributed by atoms with Crippen molar-refractivity contribution >= 4 is 11.8 Å². The van der Waals surface area contributed by atoms with Crippen LogP contribution in [-0.4, -0.2) is 24.6 Å². The van der Waals surface area contributed by atoms with Crippen molar-refractivity contribution in [3.63, 3.8) is 0 Å². The lowest BCUT2D eigenvalue weighted by atomic mass is 10.0. The quantitative estimate of drug-likeness (QED) is 0.349. The normalized spacial score (nSPS) is 11.9. The fourth-order valence-electron chi connectivity index (χ4n) is 2.88. The number of rotatable bonds is 11. The Hall–Kier alpha value is -1.45. The Balaban J connectivity index is 0.00000204. The predicted molar refractivity (Wildman–Crippen MR) is 129 cm³/mol. The second-order valence-electron chi connectivity index (χ2n) is 7.55. The third-order valence-corrected chi connectivity index (χ3v) is 5.49. The first-order chi connectivity index (χ1) is 14.0. The van der Waals surface area contributed by atoms with Gasteiger partial charge < -0.3 is 9.47 Å². The van der Waals surface area contributed by atoms with Crippen LogP contribution in [0.4, 0.5) is 0 Å². The summed E-state index contributed by atoms with van der Waals surface area (Å²) in [7, 11) is 0. The first-order valence-electron chi connectivity index (χ1n) is 11.1. The Bertz CT molecular complexity index is 647. The Morgan fingerprint density at radius 1 is 0.862 bits per heavy atom.